The Morgan fingerprint density at radius 1 is 1.38 bits per heavy atom. The fraction of sp³-hybridized carbons (Fsp3) is 0.471. The van der Waals surface area contributed by atoms with Crippen LogP contribution in [0.2, 0.25) is 0 Å². The van der Waals surface area contributed by atoms with Crippen LogP contribution in [0.4, 0.5) is 0 Å². The van der Waals surface area contributed by atoms with Gasteiger partial charge in [0.05, 0.1) is 6.54 Å². The van der Waals surface area contributed by atoms with E-state index in [0.29, 0.717) is 18.7 Å². The number of rotatable bonds is 4. The molecule has 1 aliphatic heterocycles. The summed E-state index contributed by atoms with van der Waals surface area (Å²) < 4.78 is 0. The van der Waals surface area contributed by atoms with Gasteiger partial charge in [0.1, 0.15) is 0 Å². The minimum atomic E-state index is -0.0249. The summed E-state index contributed by atoms with van der Waals surface area (Å²) in [7, 11) is 0. The second kappa shape index (κ2) is 7.82. The molecule has 0 unspecified atom stereocenters. The lowest BCUT2D eigenvalue weighted by molar-refractivity contribution is 0.0949. The molecule has 1 aromatic carbocycles. The van der Waals surface area contributed by atoms with Crippen molar-refractivity contribution in [3.63, 3.8) is 0 Å². The first-order chi connectivity index (χ1) is 10.2. The first-order valence-corrected chi connectivity index (χ1v) is 7.51. The van der Waals surface area contributed by atoms with Gasteiger partial charge in [-0.3, -0.25) is 4.79 Å². The van der Waals surface area contributed by atoms with Gasteiger partial charge in [-0.05, 0) is 50.6 Å². The molecule has 0 aliphatic carbocycles. The third-order valence-electron chi connectivity index (χ3n) is 3.82. The Bertz CT molecular complexity index is 551. The highest BCUT2D eigenvalue weighted by molar-refractivity contribution is 5.96. The Balaban J connectivity index is 1.95. The van der Waals surface area contributed by atoms with Gasteiger partial charge < -0.3 is 16.0 Å². The van der Waals surface area contributed by atoms with E-state index < -0.39 is 0 Å². The Hall–Kier alpha value is -1.83. The monoisotopic (exact) mass is 285 g/mol. The molecule has 0 aromatic heterocycles. The van der Waals surface area contributed by atoms with Gasteiger partial charge in [-0.1, -0.05) is 17.9 Å². The van der Waals surface area contributed by atoms with Gasteiger partial charge in [-0.2, -0.15) is 0 Å². The van der Waals surface area contributed by atoms with Crippen molar-refractivity contribution >= 4 is 5.91 Å². The van der Waals surface area contributed by atoms with Crippen LogP contribution < -0.4 is 11.1 Å². The van der Waals surface area contributed by atoms with Gasteiger partial charge in [0.2, 0.25) is 0 Å². The van der Waals surface area contributed by atoms with Crippen molar-refractivity contribution in [2.75, 3.05) is 32.7 Å². The highest BCUT2D eigenvalue weighted by Crippen LogP contribution is 2.13. The molecular formula is C17H23N3O. The van der Waals surface area contributed by atoms with Crippen LogP contribution in [0.5, 0.6) is 0 Å². The number of amides is 1. The minimum absolute atomic E-state index is 0.0249. The maximum Gasteiger partial charge on any atom is 0.251 e. The number of hydrogen-bond acceptors (Lipinski definition) is 3. The van der Waals surface area contributed by atoms with E-state index in [1.165, 1.54) is 12.8 Å². The first-order valence-electron chi connectivity index (χ1n) is 7.51. The largest absolute Gasteiger partial charge is 0.351 e. The molecule has 1 amide bonds. The van der Waals surface area contributed by atoms with Crippen molar-refractivity contribution in [3.8, 4) is 11.8 Å². The number of likely N-dealkylation sites (tertiary alicyclic amines) is 1. The number of carbonyl (C=O) groups excluding carboxylic acids is 1. The second-order valence-electron chi connectivity index (χ2n) is 5.29. The summed E-state index contributed by atoms with van der Waals surface area (Å²) in [5.41, 5.74) is 7.87. The maximum absolute atomic E-state index is 12.3. The molecule has 0 radical (unpaired) electrons. The molecule has 0 bridgehead atoms. The quantitative estimate of drug-likeness (QED) is 0.815. The summed E-state index contributed by atoms with van der Waals surface area (Å²) in [5.74, 6) is 5.81. The van der Waals surface area contributed by atoms with Crippen LogP contribution >= 0.6 is 0 Å². The van der Waals surface area contributed by atoms with Crippen LogP contribution in [0.1, 0.15) is 34.3 Å². The zero-order valence-electron chi connectivity index (χ0n) is 12.6. The molecule has 1 aromatic rings. The summed E-state index contributed by atoms with van der Waals surface area (Å²) >= 11 is 0. The van der Waals surface area contributed by atoms with E-state index >= 15 is 0 Å². The van der Waals surface area contributed by atoms with Crippen LogP contribution in [-0.4, -0.2) is 43.5 Å². The number of carbonyl (C=O) groups is 1. The Kier molecular flexibility index (Phi) is 5.79. The predicted octanol–water partition coefficient (Wildman–Crippen LogP) is 1.13. The molecule has 4 heteroatoms. The maximum atomic E-state index is 12.3. The van der Waals surface area contributed by atoms with E-state index in [9.17, 15) is 4.79 Å². The fourth-order valence-electron chi connectivity index (χ4n) is 2.59. The highest BCUT2D eigenvalue weighted by Gasteiger charge is 2.13. The summed E-state index contributed by atoms with van der Waals surface area (Å²) in [4.78, 5) is 14.6. The molecule has 21 heavy (non-hydrogen) atoms. The Morgan fingerprint density at radius 2 is 2.14 bits per heavy atom. The minimum Gasteiger partial charge on any atom is -0.351 e. The third-order valence-corrected chi connectivity index (χ3v) is 3.82. The normalized spacial score (nSPS) is 14.6. The fourth-order valence-corrected chi connectivity index (χ4v) is 2.59. The van der Waals surface area contributed by atoms with Crippen LogP contribution in [0, 0.1) is 18.8 Å². The molecule has 0 atom stereocenters. The van der Waals surface area contributed by atoms with E-state index in [1.54, 1.807) is 0 Å². The summed E-state index contributed by atoms with van der Waals surface area (Å²) in [5, 5.41) is 3.00. The molecule has 1 heterocycles. The smallest absolute Gasteiger partial charge is 0.251 e. The van der Waals surface area contributed by atoms with Crippen LogP contribution in [0.25, 0.3) is 0 Å². The molecule has 4 nitrogen and oxygen atoms in total. The number of nitrogens with two attached hydrogens (primary N) is 1. The van der Waals surface area contributed by atoms with Crippen molar-refractivity contribution in [1.82, 2.24) is 10.2 Å². The van der Waals surface area contributed by atoms with Crippen LogP contribution in [-0.2, 0) is 0 Å². The zero-order valence-corrected chi connectivity index (χ0v) is 12.6. The number of hydrogen-bond donors (Lipinski definition) is 2. The van der Waals surface area contributed by atoms with Crippen molar-refractivity contribution in [3.05, 3.63) is 34.9 Å². The van der Waals surface area contributed by atoms with Crippen LogP contribution in [0.15, 0.2) is 18.2 Å². The average Bonchev–Trinajstić information content (AvgIpc) is 2.99. The van der Waals surface area contributed by atoms with E-state index in [-0.39, 0.29) is 5.91 Å². The number of nitrogens with zero attached hydrogens (tertiary/aromatic N) is 1. The predicted molar refractivity (Wildman–Crippen MR) is 85.1 cm³/mol. The van der Waals surface area contributed by atoms with Gasteiger partial charge >= 0.3 is 0 Å². The lowest BCUT2D eigenvalue weighted by atomic mass is 10.0. The summed E-state index contributed by atoms with van der Waals surface area (Å²) in [6.45, 7) is 6.17. The van der Waals surface area contributed by atoms with E-state index in [0.717, 1.165) is 30.8 Å². The topological polar surface area (TPSA) is 58.4 Å². The van der Waals surface area contributed by atoms with Crippen molar-refractivity contribution in [2.45, 2.75) is 19.8 Å². The number of nitrogens with one attached hydrogen (secondary N) is 1. The molecule has 1 aliphatic rings. The lowest BCUT2D eigenvalue weighted by Gasteiger charge is -2.15. The van der Waals surface area contributed by atoms with Gasteiger partial charge in [-0.15, -0.1) is 0 Å². The summed E-state index contributed by atoms with van der Waals surface area (Å²) in [6, 6.07) is 5.62. The molecule has 3 N–H and O–H groups in total. The lowest BCUT2D eigenvalue weighted by Crippen LogP contribution is -2.33. The van der Waals surface area contributed by atoms with Crippen LogP contribution in [0.3, 0.4) is 0 Å². The summed E-state index contributed by atoms with van der Waals surface area (Å²) in [6.07, 6.45) is 2.55. The molecule has 1 fully saturated rings. The van der Waals surface area contributed by atoms with E-state index in [2.05, 4.69) is 22.1 Å². The van der Waals surface area contributed by atoms with Crippen molar-refractivity contribution < 1.29 is 4.79 Å². The zero-order chi connectivity index (χ0) is 15.1. The third kappa shape index (κ3) is 4.32. The molecule has 1 saturated heterocycles. The van der Waals surface area contributed by atoms with Gasteiger partial charge in [0.15, 0.2) is 0 Å². The van der Waals surface area contributed by atoms with Gasteiger partial charge in [0, 0.05) is 24.2 Å². The molecule has 0 spiro atoms. The number of benzene rings is 1. The Labute approximate surface area is 126 Å². The second-order valence-corrected chi connectivity index (χ2v) is 5.29. The SMILES string of the molecule is Cc1c(C#CCN)cccc1C(=O)NCCN1CCCC1. The first kappa shape index (κ1) is 15.6. The van der Waals surface area contributed by atoms with Crippen molar-refractivity contribution in [1.29, 1.82) is 0 Å². The molecular weight excluding hydrogens is 262 g/mol. The van der Waals surface area contributed by atoms with Crippen molar-refractivity contribution in [2.24, 2.45) is 5.73 Å². The molecule has 2 rings (SSSR count). The standard InChI is InChI=1S/C17H23N3O/c1-14-15(7-5-9-18)6-4-8-16(14)17(21)19-10-13-20-11-2-3-12-20/h4,6,8H,2-3,9-13,18H2,1H3,(H,19,21). The van der Waals surface area contributed by atoms with Gasteiger partial charge in [0.25, 0.3) is 5.91 Å². The molecule has 112 valence electrons. The highest BCUT2D eigenvalue weighted by atomic mass is 16.1. The van der Waals surface area contributed by atoms with E-state index in [4.69, 9.17) is 5.73 Å². The van der Waals surface area contributed by atoms with Gasteiger partial charge in [-0.25, -0.2) is 0 Å². The Morgan fingerprint density at radius 3 is 2.86 bits per heavy atom. The molecule has 0 saturated carbocycles. The average molecular weight is 285 g/mol. The van der Waals surface area contributed by atoms with E-state index in [1.807, 2.05) is 25.1 Å².